The maximum absolute atomic E-state index is 10.6. The molecule has 0 aliphatic carbocycles. The van der Waals surface area contributed by atoms with Crippen molar-refractivity contribution in [2.75, 3.05) is 0 Å². The molecular formula is C5H4NO5. The third kappa shape index (κ3) is 1.66. The molecule has 1 heterocycles. The summed E-state index contributed by atoms with van der Waals surface area (Å²) in [6, 6.07) is 0. The number of amides is 2. The average molecular weight is 158 g/mol. The van der Waals surface area contributed by atoms with Crippen LogP contribution < -0.4 is 5.32 Å². The molecule has 0 bridgehead atoms. The van der Waals surface area contributed by atoms with Crippen LogP contribution in [0.2, 0.25) is 0 Å². The smallest absolute Gasteiger partial charge is 0.418 e. The molecular weight excluding hydrogens is 154 g/mol. The molecule has 1 atom stereocenters. The molecule has 1 saturated heterocycles. The highest BCUT2D eigenvalue weighted by Crippen LogP contribution is 2.05. The van der Waals surface area contributed by atoms with E-state index in [2.05, 4.69) is 4.74 Å². The van der Waals surface area contributed by atoms with Gasteiger partial charge in [0.1, 0.15) is 0 Å². The van der Waals surface area contributed by atoms with Gasteiger partial charge in [0.05, 0.1) is 6.42 Å². The summed E-state index contributed by atoms with van der Waals surface area (Å²) >= 11 is 0. The summed E-state index contributed by atoms with van der Waals surface area (Å²) in [5, 5.41) is 11.7. The summed E-state index contributed by atoms with van der Waals surface area (Å²) in [5.74, 6) is -1.28. The van der Waals surface area contributed by atoms with Gasteiger partial charge in [-0.05, 0) is 0 Å². The SMILES string of the molecule is [O]C(=O)OC1CC(=O)NC1=O. The highest BCUT2D eigenvalue weighted by Gasteiger charge is 2.33. The predicted molar refractivity (Wildman–Crippen MR) is 28.7 cm³/mol. The fourth-order valence-corrected chi connectivity index (χ4v) is 0.741. The Morgan fingerprint density at radius 2 is 2.18 bits per heavy atom. The zero-order chi connectivity index (χ0) is 8.43. The van der Waals surface area contributed by atoms with Gasteiger partial charge in [0.25, 0.3) is 5.91 Å². The second-order valence-electron chi connectivity index (χ2n) is 1.97. The van der Waals surface area contributed by atoms with E-state index in [1.54, 1.807) is 0 Å². The normalized spacial score (nSPS) is 23.1. The first-order chi connectivity index (χ1) is 5.09. The lowest BCUT2D eigenvalue weighted by molar-refractivity contribution is -0.128. The predicted octanol–water partition coefficient (Wildman–Crippen LogP) is -1.03. The van der Waals surface area contributed by atoms with E-state index in [1.165, 1.54) is 0 Å². The van der Waals surface area contributed by atoms with Gasteiger partial charge < -0.3 is 4.74 Å². The summed E-state index contributed by atoms with van der Waals surface area (Å²) in [7, 11) is 0. The fraction of sp³-hybridized carbons (Fsp3) is 0.400. The van der Waals surface area contributed by atoms with Crippen molar-refractivity contribution in [3.8, 4) is 0 Å². The van der Waals surface area contributed by atoms with Crippen LogP contribution in [0.5, 0.6) is 0 Å². The zero-order valence-electron chi connectivity index (χ0n) is 5.33. The van der Waals surface area contributed by atoms with Gasteiger partial charge in [0.15, 0.2) is 6.10 Å². The second-order valence-corrected chi connectivity index (χ2v) is 1.97. The Hall–Kier alpha value is -1.59. The van der Waals surface area contributed by atoms with Gasteiger partial charge in [-0.2, -0.15) is 9.90 Å². The number of hydrogen-bond donors (Lipinski definition) is 1. The van der Waals surface area contributed by atoms with Gasteiger partial charge in [0.2, 0.25) is 5.91 Å². The van der Waals surface area contributed by atoms with E-state index in [4.69, 9.17) is 0 Å². The highest BCUT2D eigenvalue weighted by atomic mass is 16.7. The van der Waals surface area contributed by atoms with Gasteiger partial charge in [-0.3, -0.25) is 14.9 Å². The van der Waals surface area contributed by atoms with Gasteiger partial charge in [-0.1, -0.05) is 0 Å². The molecule has 0 aromatic heterocycles. The van der Waals surface area contributed by atoms with Crippen LogP contribution in [0.15, 0.2) is 0 Å². The van der Waals surface area contributed by atoms with E-state index in [9.17, 15) is 19.5 Å². The van der Waals surface area contributed by atoms with Crippen molar-refractivity contribution < 1.29 is 24.2 Å². The topological polar surface area (TPSA) is 92.4 Å². The molecule has 59 valence electrons. The van der Waals surface area contributed by atoms with Crippen LogP contribution in [-0.2, 0) is 19.4 Å². The van der Waals surface area contributed by atoms with Crippen molar-refractivity contribution in [2.45, 2.75) is 12.5 Å². The molecule has 6 nitrogen and oxygen atoms in total. The van der Waals surface area contributed by atoms with Gasteiger partial charge in [-0.25, -0.2) is 0 Å². The summed E-state index contributed by atoms with van der Waals surface area (Å²) in [6.45, 7) is 0. The largest absolute Gasteiger partial charge is 0.550 e. The van der Waals surface area contributed by atoms with Crippen molar-refractivity contribution in [1.29, 1.82) is 0 Å². The number of carbonyl (C=O) groups is 3. The number of ether oxygens (including phenoxy) is 1. The molecule has 2 amide bonds. The summed E-state index contributed by atoms with van der Waals surface area (Å²) in [6.07, 6.45) is -3.29. The zero-order valence-corrected chi connectivity index (χ0v) is 5.33. The minimum atomic E-state index is -1.81. The minimum Gasteiger partial charge on any atom is -0.418 e. The Morgan fingerprint density at radius 1 is 1.55 bits per heavy atom. The third-order valence-corrected chi connectivity index (χ3v) is 1.16. The van der Waals surface area contributed by atoms with E-state index in [-0.39, 0.29) is 6.42 Å². The molecule has 0 spiro atoms. The third-order valence-electron chi connectivity index (χ3n) is 1.16. The number of imide groups is 1. The van der Waals surface area contributed by atoms with Gasteiger partial charge in [0, 0.05) is 0 Å². The van der Waals surface area contributed by atoms with E-state index in [1.807, 2.05) is 5.32 Å². The maximum atomic E-state index is 10.6. The molecule has 6 heteroatoms. The first kappa shape index (κ1) is 7.52. The number of rotatable bonds is 1. The first-order valence-corrected chi connectivity index (χ1v) is 2.81. The number of hydrogen-bond acceptors (Lipinski definition) is 4. The Labute approximate surface area is 61.1 Å². The van der Waals surface area contributed by atoms with E-state index in [0.29, 0.717) is 0 Å². The molecule has 1 unspecified atom stereocenters. The molecule has 1 fully saturated rings. The monoisotopic (exact) mass is 158 g/mol. The van der Waals surface area contributed by atoms with Crippen LogP contribution in [0.1, 0.15) is 6.42 Å². The Kier molecular flexibility index (Phi) is 1.75. The van der Waals surface area contributed by atoms with Crippen LogP contribution >= 0.6 is 0 Å². The van der Waals surface area contributed by atoms with E-state index < -0.39 is 24.1 Å². The number of nitrogens with one attached hydrogen (secondary N) is 1. The molecule has 0 aromatic carbocycles. The molecule has 1 radical (unpaired) electrons. The molecule has 0 saturated carbocycles. The lowest BCUT2D eigenvalue weighted by Crippen LogP contribution is -2.27. The molecule has 1 N–H and O–H groups in total. The van der Waals surface area contributed by atoms with Crippen molar-refractivity contribution in [2.24, 2.45) is 0 Å². The minimum absolute atomic E-state index is 0.257. The Balaban J connectivity index is 2.53. The van der Waals surface area contributed by atoms with Crippen molar-refractivity contribution >= 4 is 18.0 Å². The standard InChI is InChI=1S/C5H4NO5/c7-3-1-2(4(8)6-3)11-5(9)10/h2H,1H2,(H,6,7,8). The van der Waals surface area contributed by atoms with Crippen LogP contribution in [0, 0.1) is 0 Å². The Morgan fingerprint density at radius 3 is 2.55 bits per heavy atom. The van der Waals surface area contributed by atoms with Crippen molar-refractivity contribution in [3.05, 3.63) is 0 Å². The van der Waals surface area contributed by atoms with Crippen molar-refractivity contribution in [1.82, 2.24) is 5.32 Å². The average Bonchev–Trinajstić information content (AvgIpc) is 2.09. The molecule has 1 aliphatic heterocycles. The number of carbonyl (C=O) groups excluding carboxylic acids is 3. The Bertz CT molecular complexity index is 223. The quantitative estimate of drug-likeness (QED) is 0.390. The lowest BCUT2D eigenvalue weighted by atomic mass is 10.3. The van der Waals surface area contributed by atoms with Crippen LogP contribution in [0.4, 0.5) is 4.79 Å². The molecule has 0 aromatic rings. The second kappa shape index (κ2) is 2.57. The van der Waals surface area contributed by atoms with Crippen LogP contribution in [-0.4, -0.2) is 24.1 Å². The lowest BCUT2D eigenvalue weighted by Gasteiger charge is -2.00. The van der Waals surface area contributed by atoms with Gasteiger partial charge in [-0.15, -0.1) is 0 Å². The molecule has 11 heavy (non-hydrogen) atoms. The first-order valence-electron chi connectivity index (χ1n) is 2.81. The highest BCUT2D eigenvalue weighted by molar-refractivity contribution is 6.05. The van der Waals surface area contributed by atoms with E-state index >= 15 is 0 Å². The maximum Gasteiger partial charge on any atom is 0.550 e. The summed E-state index contributed by atoms with van der Waals surface area (Å²) in [5.41, 5.74) is 0. The van der Waals surface area contributed by atoms with E-state index in [0.717, 1.165) is 0 Å². The van der Waals surface area contributed by atoms with Gasteiger partial charge >= 0.3 is 6.16 Å². The summed E-state index contributed by atoms with van der Waals surface area (Å²) < 4.78 is 3.97. The van der Waals surface area contributed by atoms with Crippen LogP contribution in [0.25, 0.3) is 0 Å². The van der Waals surface area contributed by atoms with Crippen LogP contribution in [0.3, 0.4) is 0 Å². The van der Waals surface area contributed by atoms with Crippen molar-refractivity contribution in [3.63, 3.8) is 0 Å². The summed E-state index contributed by atoms with van der Waals surface area (Å²) in [4.78, 5) is 30.8. The molecule has 1 rings (SSSR count). The fourth-order valence-electron chi connectivity index (χ4n) is 0.741. The molecule has 1 aliphatic rings.